The lowest BCUT2D eigenvalue weighted by atomic mass is 9.95. The number of rotatable bonds is 11. The molecular weight excluding hydrogens is 426 g/mol. The van der Waals surface area contributed by atoms with Crippen LogP contribution in [-0.4, -0.2) is 50.1 Å². The molecule has 8 heteroatoms. The number of hydrogen-bond acceptors (Lipinski definition) is 6. The second-order valence-electron chi connectivity index (χ2n) is 9.07. The fraction of sp³-hybridized carbons (Fsp3) is 0.542. The minimum absolute atomic E-state index is 0.130. The quantitative estimate of drug-likeness (QED) is 0.203. The Labute approximate surface area is 191 Å². The lowest BCUT2D eigenvalue weighted by molar-refractivity contribution is -0.138. The van der Waals surface area contributed by atoms with E-state index in [1.807, 2.05) is 41.8 Å². The number of amides is 1. The molecule has 1 amide bonds. The summed E-state index contributed by atoms with van der Waals surface area (Å²) in [5.74, 6) is -0.306. The van der Waals surface area contributed by atoms with E-state index in [4.69, 9.17) is 14.2 Å². The van der Waals surface area contributed by atoms with E-state index in [-0.39, 0.29) is 19.1 Å². The largest absolute Gasteiger partial charge is 0.508 e. The highest BCUT2D eigenvalue weighted by atomic mass is 28.3. The van der Waals surface area contributed by atoms with Crippen molar-refractivity contribution in [3.63, 3.8) is 0 Å². The molecule has 0 saturated carbocycles. The van der Waals surface area contributed by atoms with Crippen LogP contribution in [-0.2, 0) is 30.4 Å². The molecular formula is C24H35NO6Si. The van der Waals surface area contributed by atoms with Crippen molar-refractivity contribution in [3.8, 4) is 0 Å². The van der Waals surface area contributed by atoms with E-state index in [0.717, 1.165) is 5.56 Å². The zero-order valence-corrected chi connectivity index (χ0v) is 20.8. The zero-order chi connectivity index (χ0) is 23.9. The SMILES string of the molecule is C=C(CC(C)(C[C@@H](C)OC(=O)OCc1ccccc1)[Si](C)(C)N1CCC1=O)C(=O)OCC. The first-order valence-electron chi connectivity index (χ1n) is 11.0. The topological polar surface area (TPSA) is 82.1 Å². The summed E-state index contributed by atoms with van der Waals surface area (Å²) in [7, 11) is -2.37. The average molecular weight is 462 g/mol. The van der Waals surface area contributed by atoms with Crippen LogP contribution < -0.4 is 0 Å². The monoisotopic (exact) mass is 461 g/mol. The van der Waals surface area contributed by atoms with Crippen molar-refractivity contribution in [2.75, 3.05) is 13.2 Å². The molecule has 1 saturated heterocycles. The predicted molar refractivity (Wildman–Crippen MR) is 124 cm³/mol. The van der Waals surface area contributed by atoms with Crippen molar-refractivity contribution in [1.29, 1.82) is 0 Å². The Morgan fingerprint density at radius 3 is 2.41 bits per heavy atom. The van der Waals surface area contributed by atoms with Crippen LogP contribution in [0.4, 0.5) is 4.79 Å². The predicted octanol–water partition coefficient (Wildman–Crippen LogP) is 4.83. The van der Waals surface area contributed by atoms with E-state index >= 15 is 0 Å². The molecule has 1 fully saturated rings. The fourth-order valence-corrected chi connectivity index (χ4v) is 7.63. The van der Waals surface area contributed by atoms with Crippen molar-refractivity contribution in [2.24, 2.45) is 0 Å². The maximum Gasteiger partial charge on any atom is 0.508 e. The zero-order valence-electron chi connectivity index (χ0n) is 19.8. The molecule has 0 aromatic heterocycles. The van der Waals surface area contributed by atoms with Gasteiger partial charge in [-0.1, -0.05) is 56.9 Å². The van der Waals surface area contributed by atoms with Gasteiger partial charge in [-0.05, 0) is 37.3 Å². The van der Waals surface area contributed by atoms with Crippen LogP contribution in [0, 0.1) is 0 Å². The number of carbonyl (C=O) groups excluding carboxylic acids is 3. The molecule has 0 bridgehead atoms. The Morgan fingerprint density at radius 1 is 1.22 bits per heavy atom. The van der Waals surface area contributed by atoms with Gasteiger partial charge < -0.3 is 18.8 Å². The summed E-state index contributed by atoms with van der Waals surface area (Å²) >= 11 is 0. The van der Waals surface area contributed by atoms with Gasteiger partial charge in [0.1, 0.15) is 12.7 Å². The van der Waals surface area contributed by atoms with Gasteiger partial charge in [0.2, 0.25) is 5.91 Å². The Morgan fingerprint density at radius 2 is 1.88 bits per heavy atom. The van der Waals surface area contributed by atoms with Crippen molar-refractivity contribution in [3.05, 3.63) is 48.0 Å². The normalized spacial score (nSPS) is 16.4. The van der Waals surface area contributed by atoms with Gasteiger partial charge in [-0.2, -0.15) is 0 Å². The van der Waals surface area contributed by atoms with Crippen molar-refractivity contribution in [2.45, 2.75) is 70.9 Å². The highest BCUT2D eigenvalue weighted by Gasteiger charge is 2.52. The summed E-state index contributed by atoms with van der Waals surface area (Å²) in [6, 6.07) is 9.37. The lowest BCUT2D eigenvalue weighted by Crippen LogP contribution is -2.64. The molecule has 176 valence electrons. The van der Waals surface area contributed by atoms with Crippen LogP contribution >= 0.6 is 0 Å². The lowest BCUT2D eigenvalue weighted by Gasteiger charge is -2.53. The maximum absolute atomic E-state index is 12.3. The minimum atomic E-state index is -2.37. The van der Waals surface area contributed by atoms with E-state index in [0.29, 0.717) is 31.4 Å². The number of carbonyl (C=O) groups is 3. The Bertz CT molecular complexity index is 840. The van der Waals surface area contributed by atoms with Gasteiger partial charge in [0.25, 0.3) is 0 Å². The Balaban J connectivity index is 2.09. The van der Waals surface area contributed by atoms with Gasteiger partial charge in [0, 0.05) is 18.5 Å². The molecule has 1 unspecified atom stereocenters. The summed E-state index contributed by atoms with van der Waals surface area (Å²) < 4.78 is 17.8. The second kappa shape index (κ2) is 10.8. The van der Waals surface area contributed by atoms with E-state index in [9.17, 15) is 14.4 Å². The second-order valence-corrected chi connectivity index (χ2v) is 13.9. The fourth-order valence-electron chi connectivity index (χ4n) is 4.14. The number of esters is 1. The standard InChI is InChI=1S/C24H35NO6Si/c1-7-29-22(27)18(2)15-24(4,32(5,6)25-14-13-21(25)26)16-19(3)31-23(28)30-17-20-11-9-8-10-12-20/h8-12,19H,2,7,13-17H2,1,3-6H3/t19-,24?/m1/s1. The van der Waals surface area contributed by atoms with E-state index in [1.54, 1.807) is 13.8 Å². The first kappa shape index (κ1) is 25.6. The smallest absolute Gasteiger partial charge is 0.463 e. The van der Waals surface area contributed by atoms with E-state index in [2.05, 4.69) is 19.7 Å². The van der Waals surface area contributed by atoms with Gasteiger partial charge in [-0.3, -0.25) is 4.79 Å². The first-order chi connectivity index (χ1) is 15.0. The molecule has 7 nitrogen and oxygen atoms in total. The van der Waals surface area contributed by atoms with Crippen LogP contribution in [0.25, 0.3) is 0 Å². The first-order valence-corrected chi connectivity index (χ1v) is 14.0. The third kappa shape index (κ3) is 6.22. The van der Waals surface area contributed by atoms with Crippen LogP contribution in [0.3, 0.4) is 0 Å². The number of benzene rings is 1. The van der Waals surface area contributed by atoms with Crippen molar-refractivity contribution < 1.29 is 28.6 Å². The number of β-lactam (4-membered cyclic amide) rings is 1. The van der Waals surface area contributed by atoms with Crippen LogP contribution in [0.5, 0.6) is 0 Å². The van der Waals surface area contributed by atoms with Crippen molar-refractivity contribution >= 4 is 26.3 Å². The molecule has 0 spiro atoms. The molecule has 1 aliphatic heterocycles. The summed E-state index contributed by atoms with van der Waals surface area (Å²) in [4.78, 5) is 36.8. The molecule has 0 radical (unpaired) electrons. The van der Waals surface area contributed by atoms with Gasteiger partial charge in [-0.25, -0.2) is 9.59 Å². The van der Waals surface area contributed by atoms with Crippen LogP contribution in [0.1, 0.15) is 45.6 Å². The molecule has 1 aliphatic rings. The van der Waals surface area contributed by atoms with Gasteiger partial charge in [0.05, 0.1) is 6.61 Å². The highest BCUT2D eigenvalue weighted by molar-refractivity contribution is 6.80. The van der Waals surface area contributed by atoms with Gasteiger partial charge in [-0.15, -0.1) is 0 Å². The third-order valence-corrected chi connectivity index (χ3v) is 11.6. The molecule has 0 N–H and O–H groups in total. The third-order valence-electron chi connectivity index (χ3n) is 6.40. The van der Waals surface area contributed by atoms with Gasteiger partial charge in [0.15, 0.2) is 8.24 Å². The van der Waals surface area contributed by atoms with E-state index < -0.39 is 31.5 Å². The molecule has 0 aliphatic carbocycles. The molecule has 32 heavy (non-hydrogen) atoms. The average Bonchev–Trinajstić information content (AvgIpc) is 2.71. The number of ether oxygens (including phenoxy) is 3. The molecule has 1 aromatic carbocycles. The molecule has 1 aromatic rings. The van der Waals surface area contributed by atoms with Crippen molar-refractivity contribution in [1.82, 2.24) is 4.57 Å². The van der Waals surface area contributed by atoms with Crippen LogP contribution in [0.15, 0.2) is 42.5 Å². The summed E-state index contributed by atoms with van der Waals surface area (Å²) in [5, 5.41) is -0.466. The Hall–Kier alpha value is -2.61. The summed E-state index contributed by atoms with van der Waals surface area (Å²) in [5.41, 5.74) is 1.24. The van der Waals surface area contributed by atoms with E-state index in [1.165, 1.54) is 0 Å². The maximum atomic E-state index is 12.3. The Kier molecular flexibility index (Phi) is 8.66. The van der Waals surface area contributed by atoms with Crippen LogP contribution in [0.2, 0.25) is 18.1 Å². The molecule has 2 atom stereocenters. The highest BCUT2D eigenvalue weighted by Crippen LogP contribution is 2.50. The van der Waals surface area contributed by atoms with Gasteiger partial charge >= 0.3 is 12.1 Å². The molecule has 2 rings (SSSR count). The number of hydrogen-bond donors (Lipinski definition) is 0. The minimum Gasteiger partial charge on any atom is -0.463 e. The number of nitrogens with zero attached hydrogens (tertiary/aromatic N) is 1. The molecule has 1 heterocycles. The summed E-state index contributed by atoms with van der Waals surface area (Å²) in [6.07, 6.45) is 0.161. The summed E-state index contributed by atoms with van der Waals surface area (Å²) in [6.45, 7) is 14.9.